The van der Waals surface area contributed by atoms with E-state index in [1.165, 1.54) is 0 Å². The van der Waals surface area contributed by atoms with E-state index in [2.05, 4.69) is 0 Å². The predicted octanol–water partition coefficient (Wildman–Crippen LogP) is -1.38. The Morgan fingerprint density at radius 1 is 0.450 bits per heavy atom. The van der Waals surface area contributed by atoms with Gasteiger partial charge in [0.2, 0.25) is 0 Å². The topological polar surface area (TPSA) is 315 Å². The molecular weight excluding hydrogens is 355 g/mol. The fourth-order valence-electron chi connectivity index (χ4n) is 0. The summed E-state index contributed by atoms with van der Waals surface area (Å²) in [4.78, 5) is 48.0. The summed E-state index contributed by atoms with van der Waals surface area (Å²) in [5.41, 5.74) is 0. The van der Waals surface area contributed by atoms with Crippen LogP contribution in [-0.4, -0.2) is 0 Å². The fourth-order valence-corrected chi connectivity index (χ4v) is 0. The molecule has 20 heavy (non-hydrogen) atoms. The van der Waals surface area contributed by atoms with E-state index in [0.717, 1.165) is 32.0 Å². The molecule has 118 valence electrons. The van der Waals surface area contributed by atoms with Gasteiger partial charge in [0.1, 0.15) is 0 Å². The van der Waals surface area contributed by atoms with Gasteiger partial charge in [-0.05, 0) is 0 Å². The van der Waals surface area contributed by atoms with E-state index in [4.69, 9.17) is 60.7 Å². The largest absolute Gasteiger partial charge is 1.00 e. The Bertz CT molecular complexity index is 125. The summed E-state index contributed by atoms with van der Waals surface area (Å²) in [5.74, 6) is 0. The molecule has 0 fully saturated rings. The molecular formula is HFeN6NaO12-6. The van der Waals surface area contributed by atoms with Crippen LogP contribution in [0.1, 0.15) is 1.43 Å². The van der Waals surface area contributed by atoms with Crippen LogP contribution < -0.4 is 29.6 Å². The second-order valence-electron chi connectivity index (χ2n) is 0.447. The Labute approximate surface area is 141 Å². The van der Waals surface area contributed by atoms with Crippen LogP contribution in [0.2, 0.25) is 0 Å². The molecule has 0 aromatic heterocycles. The van der Waals surface area contributed by atoms with E-state index < -0.39 is 0 Å². The van der Waals surface area contributed by atoms with Gasteiger partial charge in [-0.25, -0.2) is 0 Å². The Balaban J connectivity index is -0.0000000114. The molecule has 0 rings (SSSR count). The van der Waals surface area contributed by atoms with Gasteiger partial charge >= 0.3 is 29.6 Å². The maximum Gasteiger partial charge on any atom is 1.00 e. The molecule has 0 N–H and O–H groups in total. The minimum Gasteiger partial charge on any atom is -1.00 e. The standard InChI is InChI=1S/Fe.6HNO2.Na.H/c;6*2-1-3;;/h;6*(H,2,3);;/q;;;;;;;+1;-1/p-6. The molecule has 0 atom stereocenters. The van der Waals surface area contributed by atoms with Gasteiger partial charge in [-0.1, -0.05) is 0 Å². The van der Waals surface area contributed by atoms with E-state index in [9.17, 15) is 0 Å². The quantitative estimate of drug-likeness (QED) is 0.275. The number of rotatable bonds is 0. The number of hydrogen-bond donors (Lipinski definition) is 0. The third-order valence-corrected chi connectivity index (χ3v) is 0. The van der Waals surface area contributed by atoms with Crippen LogP contribution in [0.3, 0.4) is 0 Å². The van der Waals surface area contributed by atoms with Gasteiger partial charge in [0, 0.05) is 17.1 Å². The first-order chi connectivity index (χ1) is 8.49. The molecule has 20 heteroatoms. The van der Waals surface area contributed by atoms with Crippen molar-refractivity contribution in [1.82, 2.24) is 0 Å². The molecule has 0 aliphatic carbocycles. The van der Waals surface area contributed by atoms with Crippen molar-refractivity contribution in [2.24, 2.45) is 32.0 Å². The Morgan fingerprint density at radius 2 is 0.450 bits per heavy atom. The van der Waals surface area contributed by atoms with Gasteiger partial charge in [0.15, 0.2) is 0 Å². The van der Waals surface area contributed by atoms with Gasteiger partial charge in [-0.2, -0.15) is 0 Å². The normalized spacial score (nSPS) is 3.60. The molecule has 0 unspecified atom stereocenters. The van der Waals surface area contributed by atoms with E-state index in [1.807, 2.05) is 0 Å². The summed E-state index contributed by atoms with van der Waals surface area (Å²) in [7, 11) is 0. The summed E-state index contributed by atoms with van der Waals surface area (Å²) in [5, 5.41) is 54.0. The molecule has 0 bridgehead atoms. The summed E-state index contributed by atoms with van der Waals surface area (Å²) >= 11 is 0. The van der Waals surface area contributed by atoms with Crippen molar-refractivity contribution in [3.8, 4) is 0 Å². The monoisotopic (exact) mass is 356 g/mol. The van der Waals surface area contributed by atoms with Gasteiger partial charge in [-0.15, -0.1) is 32.0 Å². The minimum atomic E-state index is 0. The molecule has 0 aromatic carbocycles. The van der Waals surface area contributed by atoms with Crippen LogP contribution in [0.4, 0.5) is 0 Å². The van der Waals surface area contributed by atoms with Crippen molar-refractivity contribution in [1.29, 1.82) is 0 Å². The Kier molecular flexibility index (Phi) is 728. The third kappa shape index (κ3) is 819. The molecule has 18 nitrogen and oxygen atoms in total. The first kappa shape index (κ1) is 52.1. The third-order valence-electron chi connectivity index (χ3n) is 0. The van der Waals surface area contributed by atoms with Crippen LogP contribution in [0.5, 0.6) is 0 Å². The molecule has 0 spiro atoms. The average molecular weight is 356 g/mol. The molecule has 0 aliphatic rings. The SMILES string of the molecule is O=N[O-].O=N[O-].O=N[O-].O=N[O-].O=N[O-].O=N[O-].[Fe].[H-].[Na+]. The number of nitrogens with zero attached hydrogens (tertiary/aromatic N) is 6. The maximum atomic E-state index is 8.00. The van der Waals surface area contributed by atoms with Gasteiger partial charge in [0.05, 0.1) is 0 Å². The average Bonchev–Trinajstić information content (AvgIpc) is 2.23. The van der Waals surface area contributed by atoms with Crippen LogP contribution in [0.25, 0.3) is 0 Å². The maximum absolute atomic E-state index is 8.00. The first-order valence-electron chi connectivity index (χ1n) is 2.19. The van der Waals surface area contributed by atoms with Gasteiger partial charge < -0.3 is 62.1 Å². The van der Waals surface area contributed by atoms with Crippen molar-refractivity contribution in [2.45, 2.75) is 0 Å². The van der Waals surface area contributed by atoms with Crippen LogP contribution in [0.15, 0.2) is 32.0 Å². The van der Waals surface area contributed by atoms with Crippen LogP contribution in [-0.2, 0) is 17.1 Å². The smallest absolute Gasteiger partial charge is 1.00 e. The van der Waals surface area contributed by atoms with Crippen molar-refractivity contribution >= 4 is 0 Å². The zero-order valence-corrected chi connectivity index (χ0v) is 12.0. The van der Waals surface area contributed by atoms with Crippen LogP contribution >= 0.6 is 0 Å². The van der Waals surface area contributed by atoms with Crippen molar-refractivity contribution in [3.63, 3.8) is 0 Å². The summed E-state index contributed by atoms with van der Waals surface area (Å²) in [6.45, 7) is 0. The minimum absolute atomic E-state index is 0. The fraction of sp³-hybridized carbons (Fsp3) is 0. The van der Waals surface area contributed by atoms with E-state index >= 15 is 0 Å². The van der Waals surface area contributed by atoms with E-state index in [1.54, 1.807) is 0 Å². The van der Waals surface area contributed by atoms with Gasteiger partial charge in [0.25, 0.3) is 0 Å². The molecule has 0 aromatic rings. The second kappa shape index (κ2) is 279. The Hall–Kier alpha value is -2.08. The van der Waals surface area contributed by atoms with Crippen molar-refractivity contribution in [2.75, 3.05) is 0 Å². The first-order valence-corrected chi connectivity index (χ1v) is 2.19. The molecule has 0 saturated heterocycles. The zero-order valence-electron chi connectivity index (χ0n) is 9.94. The summed E-state index contributed by atoms with van der Waals surface area (Å²) in [6, 6.07) is 0. The van der Waals surface area contributed by atoms with Crippen molar-refractivity contribution < 1.29 is 48.1 Å². The molecule has 0 heterocycles. The van der Waals surface area contributed by atoms with Crippen LogP contribution in [0, 0.1) is 60.7 Å². The number of hydrogen-bond acceptors (Lipinski definition) is 18. The molecule has 0 aliphatic heterocycles. The second-order valence-corrected chi connectivity index (χ2v) is 0.447. The molecule has 0 radical (unpaired) electrons. The Morgan fingerprint density at radius 3 is 0.450 bits per heavy atom. The van der Waals surface area contributed by atoms with Gasteiger partial charge in [-0.3, -0.25) is 0 Å². The van der Waals surface area contributed by atoms with E-state index in [-0.39, 0.29) is 48.1 Å². The summed E-state index contributed by atoms with van der Waals surface area (Å²) in [6.07, 6.45) is 0. The summed E-state index contributed by atoms with van der Waals surface area (Å²) < 4.78 is 0. The van der Waals surface area contributed by atoms with Crippen molar-refractivity contribution in [3.05, 3.63) is 60.7 Å². The molecule has 0 amide bonds. The predicted molar refractivity (Wildman–Crippen MR) is 56.1 cm³/mol. The molecule has 0 saturated carbocycles. The zero-order chi connectivity index (χ0) is 16.2. The van der Waals surface area contributed by atoms with E-state index in [0.29, 0.717) is 0 Å².